The van der Waals surface area contributed by atoms with Crippen molar-refractivity contribution < 1.29 is 0 Å². The van der Waals surface area contributed by atoms with Crippen LogP contribution in [0.2, 0.25) is 0 Å². The molecule has 2 aromatic heterocycles. The van der Waals surface area contributed by atoms with Crippen molar-refractivity contribution >= 4 is 18.2 Å². The van der Waals surface area contributed by atoms with E-state index in [1.807, 2.05) is 16.7 Å². The molecule has 0 bridgehead atoms. The molecule has 5 nitrogen and oxygen atoms in total. The van der Waals surface area contributed by atoms with E-state index in [2.05, 4.69) is 33.3 Å². The summed E-state index contributed by atoms with van der Waals surface area (Å²) >= 11 is 0. The van der Waals surface area contributed by atoms with Crippen LogP contribution in [0.1, 0.15) is 25.5 Å². The zero-order valence-electron chi connectivity index (χ0n) is 11.8. The maximum absolute atomic E-state index is 4.59. The maximum atomic E-state index is 4.59. The third kappa shape index (κ3) is 3.29. The number of rotatable bonds is 4. The average Bonchev–Trinajstić information content (AvgIpc) is 2.83. The van der Waals surface area contributed by atoms with Crippen LogP contribution in [0.25, 0.3) is 5.78 Å². The minimum atomic E-state index is 0. The van der Waals surface area contributed by atoms with E-state index in [9.17, 15) is 0 Å². The van der Waals surface area contributed by atoms with Gasteiger partial charge in [-0.1, -0.05) is 13.3 Å². The number of piperazine rings is 1. The first-order chi connectivity index (χ1) is 9.36. The van der Waals surface area contributed by atoms with Crippen molar-refractivity contribution in [3.05, 3.63) is 30.4 Å². The van der Waals surface area contributed by atoms with Gasteiger partial charge in [0.25, 0.3) is 0 Å². The molecule has 0 aromatic carbocycles. The molecule has 0 aliphatic carbocycles. The molecule has 1 atom stereocenters. The molecule has 1 aliphatic heterocycles. The van der Waals surface area contributed by atoms with Crippen LogP contribution in [0, 0.1) is 0 Å². The molecule has 3 rings (SSSR count). The largest absolute Gasteiger partial charge is 0.314 e. The monoisotopic (exact) mass is 295 g/mol. The highest BCUT2D eigenvalue weighted by atomic mass is 35.5. The first-order valence-electron chi connectivity index (χ1n) is 7.10. The number of hydrogen-bond donors (Lipinski definition) is 1. The highest BCUT2D eigenvalue weighted by Gasteiger charge is 2.22. The van der Waals surface area contributed by atoms with Gasteiger partial charge in [0.15, 0.2) is 0 Å². The predicted molar refractivity (Wildman–Crippen MR) is 82.2 cm³/mol. The number of fused-ring (bicyclic) bond motifs is 1. The van der Waals surface area contributed by atoms with Crippen molar-refractivity contribution in [2.75, 3.05) is 19.6 Å². The minimum Gasteiger partial charge on any atom is -0.314 e. The number of aromatic nitrogens is 3. The minimum absolute atomic E-state index is 0. The lowest BCUT2D eigenvalue weighted by molar-refractivity contribution is 0.143. The van der Waals surface area contributed by atoms with Gasteiger partial charge in [-0.25, -0.2) is 9.97 Å². The smallest absolute Gasteiger partial charge is 0.233 e. The topological polar surface area (TPSA) is 45.5 Å². The van der Waals surface area contributed by atoms with Crippen molar-refractivity contribution in [1.82, 2.24) is 24.6 Å². The molecule has 2 aromatic rings. The van der Waals surface area contributed by atoms with E-state index < -0.39 is 0 Å². The summed E-state index contributed by atoms with van der Waals surface area (Å²) in [6.07, 6.45) is 8.36. The average molecular weight is 296 g/mol. The second-order valence-corrected chi connectivity index (χ2v) is 5.18. The van der Waals surface area contributed by atoms with Crippen molar-refractivity contribution in [1.29, 1.82) is 0 Å². The van der Waals surface area contributed by atoms with E-state index >= 15 is 0 Å². The molecular weight excluding hydrogens is 274 g/mol. The van der Waals surface area contributed by atoms with Crippen LogP contribution >= 0.6 is 12.4 Å². The first kappa shape index (κ1) is 15.2. The van der Waals surface area contributed by atoms with Gasteiger partial charge in [0, 0.05) is 50.8 Å². The summed E-state index contributed by atoms with van der Waals surface area (Å²) in [5, 5.41) is 3.48. The highest BCUT2D eigenvalue weighted by molar-refractivity contribution is 5.85. The van der Waals surface area contributed by atoms with E-state index in [0.29, 0.717) is 6.04 Å². The normalized spacial score (nSPS) is 19.9. The number of nitrogens with one attached hydrogen (secondary N) is 1. The van der Waals surface area contributed by atoms with Crippen LogP contribution in [0.15, 0.2) is 24.7 Å². The van der Waals surface area contributed by atoms with E-state index in [0.717, 1.165) is 37.7 Å². The molecule has 0 amide bonds. The summed E-state index contributed by atoms with van der Waals surface area (Å²) in [5.41, 5.74) is 1.11. The Morgan fingerprint density at radius 1 is 1.45 bits per heavy atom. The molecule has 1 unspecified atom stereocenters. The van der Waals surface area contributed by atoms with Crippen molar-refractivity contribution in [3.8, 4) is 0 Å². The summed E-state index contributed by atoms with van der Waals surface area (Å²) in [6.45, 7) is 6.45. The van der Waals surface area contributed by atoms with Gasteiger partial charge in [-0.05, 0) is 12.5 Å². The van der Waals surface area contributed by atoms with Gasteiger partial charge in [0.05, 0.1) is 5.69 Å². The predicted octanol–water partition coefficient (Wildman–Crippen LogP) is 1.72. The molecule has 20 heavy (non-hydrogen) atoms. The molecule has 1 saturated heterocycles. The quantitative estimate of drug-likeness (QED) is 0.933. The van der Waals surface area contributed by atoms with Gasteiger partial charge < -0.3 is 5.32 Å². The summed E-state index contributed by atoms with van der Waals surface area (Å²) in [7, 11) is 0. The van der Waals surface area contributed by atoms with Gasteiger partial charge in [0.2, 0.25) is 5.78 Å². The first-order valence-corrected chi connectivity index (χ1v) is 7.10. The van der Waals surface area contributed by atoms with E-state index in [-0.39, 0.29) is 12.4 Å². The van der Waals surface area contributed by atoms with Crippen molar-refractivity contribution in [2.24, 2.45) is 0 Å². The lowest BCUT2D eigenvalue weighted by Gasteiger charge is -2.35. The number of nitrogens with zero attached hydrogens (tertiary/aromatic N) is 4. The zero-order chi connectivity index (χ0) is 13.1. The fourth-order valence-electron chi connectivity index (χ4n) is 2.79. The number of imidazole rings is 1. The van der Waals surface area contributed by atoms with Crippen molar-refractivity contribution in [3.63, 3.8) is 0 Å². The Labute approximate surface area is 125 Å². The molecule has 3 heterocycles. The van der Waals surface area contributed by atoms with Gasteiger partial charge in [-0.2, -0.15) is 0 Å². The molecule has 0 saturated carbocycles. The Bertz CT molecular complexity index is 506. The molecule has 6 heteroatoms. The van der Waals surface area contributed by atoms with E-state index in [4.69, 9.17) is 0 Å². The number of halogens is 1. The lowest BCUT2D eigenvalue weighted by atomic mass is 10.1. The summed E-state index contributed by atoms with van der Waals surface area (Å²) in [4.78, 5) is 11.4. The summed E-state index contributed by atoms with van der Waals surface area (Å²) < 4.78 is 1.99. The van der Waals surface area contributed by atoms with Crippen molar-refractivity contribution in [2.45, 2.75) is 32.4 Å². The molecular formula is C14H22ClN5. The third-order valence-electron chi connectivity index (χ3n) is 3.74. The Balaban J connectivity index is 0.00000147. The molecule has 0 spiro atoms. The van der Waals surface area contributed by atoms with Gasteiger partial charge >= 0.3 is 0 Å². The fraction of sp³-hybridized carbons (Fsp3) is 0.571. The molecule has 1 fully saturated rings. The summed E-state index contributed by atoms with van der Waals surface area (Å²) in [6, 6.07) is 2.57. The van der Waals surface area contributed by atoms with Crippen LogP contribution in [0.3, 0.4) is 0 Å². The molecule has 110 valence electrons. The van der Waals surface area contributed by atoms with E-state index in [1.54, 1.807) is 6.20 Å². The summed E-state index contributed by atoms with van der Waals surface area (Å²) in [5.74, 6) is 0.791. The van der Waals surface area contributed by atoms with Gasteiger partial charge in [-0.15, -0.1) is 12.4 Å². The fourth-order valence-corrected chi connectivity index (χ4v) is 2.79. The maximum Gasteiger partial charge on any atom is 0.233 e. The Kier molecular flexibility index (Phi) is 5.34. The SMILES string of the molecule is CCCC1CNCCN1Cc1cn2cccnc2n1.Cl. The second-order valence-electron chi connectivity index (χ2n) is 5.18. The number of hydrogen-bond acceptors (Lipinski definition) is 4. The van der Waals surface area contributed by atoms with Crippen LogP contribution in [-0.2, 0) is 6.54 Å². The van der Waals surface area contributed by atoms with Crippen LogP contribution in [0.4, 0.5) is 0 Å². The molecule has 1 aliphatic rings. The van der Waals surface area contributed by atoms with Crippen LogP contribution in [0.5, 0.6) is 0 Å². The molecule has 0 radical (unpaired) electrons. The van der Waals surface area contributed by atoms with Crippen LogP contribution < -0.4 is 5.32 Å². The molecule has 1 N–H and O–H groups in total. The highest BCUT2D eigenvalue weighted by Crippen LogP contribution is 2.13. The third-order valence-corrected chi connectivity index (χ3v) is 3.74. The lowest BCUT2D eigenvalue weighted by Crippen LogP contribution is -2.50. The standard InChI is InChI=1S/C14H21N5.ClH/c1-2-4-13-9-15-6-8-18(13)10-12-11-19-7-3-5-16-14(19)17-12;/h3,5,7,11,13,15H,2,4,6,8-10H2,1H3;1H. The Hall–Kier alpha value is -1.17. The Morgan fingerprint density at radius 2 is 2.35 bits per heavy atom. The van der Waals surface area contributed by atoms with Gasteiger partial charge in [0.1, 0.15) is 0 Å². The zero-order valence-corrected chi connectivity index (χ0v) is 12.6. The second kappa shape index (κ2) is 7.02. The van der Waals surface area contributed by atoms with Crippen LogP contribution in [-0.4, -0.2) is 44.9 Å². The van der Waals surface area contributed by atoms with E-state index in [1.165, 1.54) is 12.8 Å². The Morgan fingerprint density at radius 3 is 3.15 bits per heavy atom. The van der Waals surface area contributed by atoms with Gasteiger partial charge in [-0.3, -0.25) is 9.30 Å².